The van der Waals surface area contributed by atoms with Gasteiger partial charge in [-0.05, 0) is 39.8 Å². The van der Waals surface area contributed by atoms with E-state index in [4.69, 9.17) is 14.6 Å². The van der Waals surface area contributed by atoms with Gasteiger partial charge in [0, 0.05) is 0 Å². The summed E-state index contributed by atoms with van der Waals surface area (Å²) >= 11 is 0. The SMILES string of the molecule is C[C@H](CO)Oc1cccc(F)c1C#CCNC(=O)OC(C)(C)C. The highest BCUT2D eigenvalue weighted by molar-refractivity contribution is 5.68. The summed E-state index contributed by atoms with van der Waals surface area (Å²) in [6.07, 6.45) is -1.07. The first-order valence-electron chi connectivity index (χ1n) is 7.24. The number of amides is 1. The van der Waals surface area contributed by atoms with Crippen molar-refractivity contribution in [1.29, 1.82) is 0 Å². The first-order valence-corrected chi connectivity index (χ1v) is 7.24. The molecule has 0 radical (unpaired) electrons. The van der Waals surface area contributed by atoms with Crippen LogP contribution in [0.4, 0.5) is 9.18 Å². The van der Waals surface area contributed by atoms with Gasteiger partial charge in [0.25, 0.3) is 0 Å². The van der Waals surface area contributed by atoms with Crippen LogP contribution in [0.15, 0.2) is 18.2 Å². The van der Waals surface area contributed by atoms with Crippen molar-refractivity contribution in [3.63, 3.8) is 0 Å². The third-order valence-electron chi connectivity index (χ3n) is 2.49. The van der Waals surface area contributed by atoms with Crippen LogP contribution in [0, 0.1) is 17.7 Å². The summed E-state index contributed by atoms with van der Waals surface area (Å²) in [6.45, 7) is 6.74. The Bertz CT molecular complexity index is 599. The Balaban J connectivity index is 2.72. The lowest BCUT2D eigenvalue weighted by molar-refractivity contribution is 0.0535. The largest absolute Gasteiger partial charge is 0.487 e. The van der Waals surface area contributed by atoms with Gasteiger partial charge in [-0.1, -0.05) is 17.9 Å². The molecule has 5 nitrogen and oxygen atoms in total. The Morgan fingerprint density at radius 2 is 2.13 bits per heavy atom. The molecule has 1 atom stereocenters. The smallest absolute Gasteiger partial charge is 0.408 e. The van der Waals surface area contributed by atoms with E-state index in [1.54, 1.807) is 33.8 Å². The highest BCUT2D eigenvalue weighted by atomic mass is 19.1. The minimum Gasteiger partial charge on any atom is -0.487 e. The maximum Gasteiger partial charge on any atom is 0.408 e. The molecule has 1 aromatic carbocycles. The maximum absolute atomic E-state index is 13.9. The molecule has 1 aromatic rings. The molecule has 0 bridgehead atoms. The standard InChI is InChI=1S/C17H22FNO4/c1-12(11-20)22-15-9-5-8-14(18)13(15)7-6-10-19-16(21)23-17(2,3)4/h5,8-9,12,20H,10-11H2,1-4H3,(H,19,21)/t12-/m1/s1. The van der Waals surface area contributed by atoms with E-state index in [1.807, 2.05) is 0 Å². The molecule has 0 aliphatic carbocycles. The zero-order valence-electron chi connectivity index (χ0n) is 13.8. The second-order valence-corrected chi connectivity index (χ2v) is 5.88. The topological polar surface area (TPSA) is 67.8 Å². The van der Waals surface area contributed by atoms with Crippen LogP contribution in [0.1, 0.15) is 33.3 Å². The van der Waals surface area contributed by atoms with Gasteiger partial charge in [-0.15, -0.1) is 0 Å². The monoisotopic (exact) mass is 323 g/mol. The van der Waals surface area contributed by atoms with Crippen LogP contribution in [0.3, 0.4) is 0 Å². The molecule has 0 aliphatic heterocycles. The number of carbonyl (C=O) groups excluding carboxylic acids is 1. The molecule has 6 heteroatoms. The van der Waals surface area contributed by atoms with Crippen LogP contribution < -0.4 is 10.1 Å². The fourth-order valence-electron chi connectivity index (χ4n) is 1.54. The van der Waals surface area contributed by atoms with Gasteiger partial charge in [0.2, 0.25) is 0 Å². The van der Waals surface area contributed by atoms with E-state index in [1.165, 1.54) is 12.1 Å². The number of alkyl carbamates (subject to hydrolysis) is 1. The van der Waals surface area contributed by atoms with Crippen molar-refractivity contribution < 1.29 is 23.8 Å². The Morgan fingerprint density at radius 1 is 1.43 bits per heavy atom. The molecule has 0 fully saturated rings. The van der Waals surface area contributed by atoms with E-state index in [2.05, 4.69) is 17.2 Å². The van der Waals surface area contributed by atoms with Crippen LogP contribution in [-0.4, -0.2) is 36.1 Å². The minimum atomic E-state index is -0.593. The average molecular weight is 323 g/mol. The van der Waals surface area contributed by atoms with E-state index < -0.39 is 23.6 Å². The zero-order chi connectivity index (χ0) is 17.5. The van der Waals surface area contributed by atoms with E-state index in [0.717, 1.165) is 0 Å². The number of nitrogens with one attached hydrogen (secondary N) is 1. The summed E-state index contributed by atoms with van der Waals surface area (Å²) in [7, 11) is 0. The molecular formula is C17H22FNO4. The number of hydrogen-bond donors (Lipinski definition) is 2. The third kappa shape index (κ3) is 7.02. The van der Waals surface area contributed by atoms with Gasteiger partial charge in [0.15, 0.2) is 0 Å². The molecular weight excluding hydrogens is 301 g/mol. The van der Waals surface area contributed by atoms with E-state index >= 15 is 0 Å². The van der Waals surface area contributed by atoms with Crippen LogP contribution in [0.2, 0.25) is 0 Å². The van der Waals surface area contributed by atoms with Crippen molar-refractivity contribution in [2.45, 2.75) is 39.4 Å². The van der Waals surface area contributed by atoms with Gasteiger partial charge < -0.3 is 19.9 Å². The van der Waals surface area contributed by atoms with Crippen molar-refractivity contribution in [3.05, 3.63) is 29.6 Å². The lowest BCUT2D eigenvalue weighted by Gasteiger charge is -2.19. The zero-order valence-corrected chi connectivity index (χ0v) is 13.8. The van der Waals surface area contributed by atoms with Gasteiger partial charge in [0.05, 0.1) is 13.2 Å². The number of halogens is 1. The summed E-state index contributed by atoms with van der Waals surface area (Å²) in [5.41, 5.74) is -0.511. The molecule has 0 heterocycles. The van der Waals surface area contributed by atoms with Crippen LogP contribution in [0.25, 0.3) is 0 Å². The molecule has 0 unspecified atom stereocenters. The highest BCUT2D eigenvalue weighted by Crippen LogP contribution is 2.21. The molecule has 0 saturated heterocycles. The molecule has 0 aliphatic rings. The minimum absolute atomic E-state index is 0.0121. The van der Waals surface area contributed by atoms with E-state index in [9.17, 15) is 9.18 Å². The van der Waals surface area contributed by atoms with Gasteiger partial charge in [-0.25, -0.2) is 9.18 Å². The summed E-state index contributed by atoms with van der Waals surface area (Å²) in [4.78, 5) is 11.5. The van der Waals surface area contributed by atoms with Crippen LogP contribution >= 0.6 is 0 Å². The van der Waals surface area contributed by atoms with Gasteiger partial charge in [-0.2, -0.15) is 0 Å². The molecule has 126 valence electrons. The van der Waals surface area contributed by atoms with E-state index in [-0.39, 0.29) is 24.5 Å². The van der Waals surface area contributed by atoms with Crippen LogP contribution in [-0.2, 0) is 4.74 Å². The van der Waals surface area contributed by atoms with Gasteiger partial charge in [0.1, 0.15) is 28.8 Å². The van der Waals surface area contributed by atoms with Crippen molar-refractivity contribution >= 4 is 6.09 Å². The van der Waals surface area contributed by atoms with Gasteiger partial charge >= 0.3 is 6.09 Å². The number of carbonyl (C=O) groups is 1. The maximum atomic E-state index is 13.9. The third-order valence-corrected chi connectivity index (χ3v) is 2.49. The highest BCUT2D eigenvalue weighted by Gasteiger charge is 2.15. The number of aliphatic hydroxyl groups is 1. The number of rotatable bonds is 4. The summed E-state index contributed by atoms with van der Waals surface area (Å²) in [5.74, 6) is 4.99. The lowest BCUT2D eigenvalue weighted by Crippen LogP contribution is -2.32. The summed E-state index contributed by atoms with van der Waals surface area (Å²) < 4.78 is 24.3. The molecule has 2 N–H and O–H groups in total. The first kappa shape index (κ1) is 18.8. The van der Waals surface area contributed by atoms with Crippen LogP contribution in [0.5, 0.6) is 5.75 Å². The Labute approximate surface area is 135 Å². The average Bonchev–Trinajstić information content (AvgIpc) is 2.43. The van der Waals surface area contributed by atoms with Crippen molar-refractivity contribution in [2.24, 2.45) is 0 Å². The number of ether oxygens (including phenoxy) is 2. The quantitative estimate of drug-likeness (QED) is 0.835. The lowest BCUT2D eigenvalue weighted by atomic mass is 10.2. The Morgan fingerprint density at radius 3 is 2.74 bits per heavy atom. The predicted octanol–water partition coefficient (Wildman–Crippen LogP) is 2.46. The summed E-state index contributed by atoms with van der Waals surface area (Å²) in [6, 6.07) is 4.33. The number of aliphatic hydroxyl groups excluding tert-OH is 1. The molecule has 0 aromatic heterocycles. The Hall–Kier alpha value is -2.26. The van der Waals surface area contributed by atoms with Crippen molar-refractivity contribution in [2.75, 3.05) is 13.2 Å². The van der Waals surface area contributed by atoms with Crippen molar-refractivity contribution in [1.82, 2.24) is 5.32 Å². The fourth-order valence-corrected chi connectivity index (χ4v) is 1.54. The van der Waals surface area contributed by atoms with Gasteiger partial charge in [-0.3, -0.25) is 0 Å². The molecule has 0 saturated carbocycles. The second kappa shape index (κ2) is 8.39. The molecule has 23 heavy (non-hydrogen) atoms. The predicted molar refractivity (Wildman–Crippen MR) is 84.7 cm³/mol. The fraction of sp³-hybridized carbons (Fsp3) is 0.471. The van der Waals surface area contributed by atoms with E-state index in [0.29, 0.717) is 0 Å². The molecule has 1 amide bonds. The summed E-state index contributed by atoms with van der Waals surface area (Å²) in [5, 5.41) is 11.5. The number of hydrogen-bond acceptors (Lipinski definition) is 4. The first-order chi connectivity index (χ1) is 10.7. The normalized spacial score (nSPS) is 11.9. The molecule has 1 rings (SSSR count). The Kier molecular flexibility index (Phi) is 6.86. The second-order valence-electron chi connectivity index (χ2n) is 5.88. The number of benzene rings is 1. The van der Waals surface area contributed by atoms with Crippen molar-refractivity contribution in [3.8, 4) is 17.6 Å². The molecule has 0 spiro atoms.